The van der Waals surface area contributed by atoms with Crippen LogP contribution in [0.2, 0.25) is 0 Å². The molecule has 0 rings (SSSR count). The van der Waals surface area contributed by atoms with Gasteiger partial charge in [-0.2, -0.15) is 0 Å². The first-order valence-electron chi connectivity index (χ1n) is 4.46. The Hall–Kier alpha value is -0.570. The second kappa shape index (κ2) is 6.00. The third-order valence-corrected chi connectivity index (χ3v) is 1.87. The summed E-state index contributed by atoms with van der Waals surface area (Å²) in [4.78, 5) is 10.2. The zero-order valence-electron chi connectivity index (χ0n) is 7.79. The fourth-order valence-electron chi connectivity index (χ4n) is 1.36. The summed E-state index contributed by atoms with van der Waals surface area (Å²) in [5.74, 6) is -0.504. The normalized spacial score (nSPS) is 15.6. The number of aliphatic carboxylic acids is 1. The van der Waals surface area contributed by atoms with Gasteiger partial charge in [0.2, 0.25) is 0 Å². The Balaban J connectivity index is 3.53. The summed E-state index contributed by atoms with van der Waals surface area (Å²) in [6.07, 6.45) is 1.93. The number of hydrogen-bond donors (Lipinski definition) is 2. The van der Waals surface area contributed by atoms with Crippen molar-refractivity contribution >= 4 is 5.97 Å². The summed E-state index contributed by atoms with van der Waals surface area (Å²) >= 11 is 0. The largest absolute Gasteiger partial charge is 0.481 e. The molecule has 12 heavy (non-hydrogen) atoms. The molecule has 0 heterocycles. The van der Waals surface area contributed by atoms with Gasteiger partial charge in [0, 0.05) is 0 Å². The van der Waals surface area contributed by atoms with E-state index in [9.17, 15) is 9.90 Å². The molecule has 3 heteroatoms. The highest BCUT2D eigenvalue weighted by atomic mass is 16.4. The van der Waals surface area contributed by atoms with E-state index in [2.05, 4.69) is 6.92 Å². The summed E-state index contributed by atoms with van der Waals surface area (Å²) in [6.45, 7) is 4.12. The molecule has 0 aliphatic heterocycles. The van der Waals surface area contributed by atoms with E-state index < -0.39 is 12.1 Å². The van der Waals surface area contributed by atoms with Gasteiger partial charge in [0.1, 0.15) is 0 Å². The van der Waals surface area contributed by atoms with E-state index in [1.807, 2.05) is 6.92 Å². The summed E-state index contributed by atoms with van der Waals surface area (Å²) in [7, 11) is 0. The summed E-state index contributed by atoms with van der Waals surface area (Å²) in [6, 6.07) is 0. The minimum absolute atomic E-state index is 0.131. The van der Waals surface area contributed by atoms with Crippen LogP contribution in [0, 0.1) is 5.92 Å². The zero-order chi connectivity index (χ0) is 9.56. The number of aliphatic hydroxyl groups is 1. The highest BCUT2D eigenvalue weighted by molar-refractivity contribution is 5.67. The molecule has 0 saturated carbocycles. The van der Waals surface area contributed by atoms with E-state index in [0.717, 1.165) is 12.8 Å². The first kappa shape index (κ1) is 11.4. The van der Waals surface area contributed by atoms with Crippen molar-refractivity contribution in [3.8, 4) is 0 Å². The molecular formula is C9H18O3. The van der Waals surface area contributed by atoms with Gasteiger partial charge in [-0.25, -0.2) is 0 Å². The molecule has 0 amide bonds. The van der Waals surface area contributed by atoms with E-state index >= 15 is 0 Å². The maximum absolute atomic E-state index is 10.2. The van der Waals surface area contributed by atoms with E-state index in [-0.39, 0.29) is 6.42 Å². The van der Waals surface area contributed by atoms with Gasteiger partial charge in [0.25, 0.3) is 0 Å². The monoisotopic (exact) mass is 174 g/mol. The highest BCUT2D eigenvalue weighted by Crippen LogP contribution is 2.13. The van der Waals surface area contributed by atoms with Crippen molar-refractivity contribution in [2.45, 2.75) is 45.6 Å². The number of rotatable bonds is 6. The SMILES string of the molecule is CCC[C@@H](C)CC(O)CC(=O)O. The van der Waals surface area contributed by atoms with E-state index in [0.29, 0.717) is 12.3 Å². The van der Waals surface area contributed by atoms with Crippen LogP contribution >= 0.6 is 0 Å². The molecule has 0 bridgehead atoms. The third kappa shape index (κ3) is 6.16. The molecule has 1 unspecified atom stereocenters. The van der Waals surface area contributed by atoms with Crippen molar-refractivity contribution in [2.75, 3.05) is 0 Å². The van der Waals surface area contributed by atoms with E-state index in [4.69, 9.17) is 5.11 Å². The molecule has 0 aromatic rings. The van der Waals surface area contributed by atoms with Gasteiger partial charge in [-0.05, 0) is 12.3 Å². The average Bonchev–Trinajstić information content (AvgIpc) is 1.84. The van der Waals surface area contributed by atoms with Crippen molar-refractivity contribution in [1.29, 1.82) is 0 Å². The minimum atomic E-state index is -0.925. The van der Waals surface area contributed by atoms with Gasteiger partial charge in [0.15, 0.2) is 0 Å². The van der Waals surface area contributed by atoms with Crippen LogP contribution in [-0.4, -0.2) is 22.3 Å². The number of carboxylic acids is 1. The van der Waals surface area contributed by atoms with Crippen LogP contribution in [0.5, 0.6) is 0 Å². The number of carbonyl (C=O) groups is 1. The molecule has 0 saturated heterocycles. The summed E-state index contributed by atoms with van der Waals surface area (Å²) < 4.78 is 0. The number of carboxylic acid groups (broad SMARTS) is 1. The standard InChI is InChI=1S/C9H18O3/c1-3-4-7(2)5-8(10)6-9(11)12/h7-8,10H,3-6H2,1-2H3,(H,11,12)/t7-,8?/m1/s1. The molecule has 0 aromatic heterocycles. The molecule has 0 aliphatic carbocycles. The average molecular weight is 174 g/mol. The topological polar surface area (TPSA) is 57.5 Å². The van der Waals surface area contributed by atoms with Crippen LogP contribution < -0.4 is 0 Å². The molecular weight excluding hydrogens is 156 g/mol. The lowest BCUT2D eigenvalue weighted by Crippen LogP contribution is -2.16. The van der Waals surface area contributed by atoms with Crippen molar-refractivity contribution in [2.24, 2.45) is 5.92 Å². The molecule has 0 fully saturated rings. The van der Waals surface area contributed by atoms with Crippen LogP contribution in [-0.2, 0) is 4.79 Å². The van der Waals surface area contributed by atoms with Gasteiger partial charge in [-0.15, -0.1) is 0 Å². The zero-order valence-corrected chi connectivity index (χ0v) is 7.79. The predicted octanol–water partition coefficient (Wildman–Crippen LogP) is 1.65. The Bertz CT molecular complexity index is 134. The van der Waals surface area contributed by atoms with Gasteiger partial charge in [0.05, 0.1) is 12.5 Å². The summed E-state index contributed by atoms with van der Waals surface area (Å²) in [5, 5.41) is 17.6. The molecule has 3 nitrogen and oxygen atoms in total. The van der Waals surface area contributed by atoms with Gasteiger partial charge < -0.3 is 10.2 Å². The lowest BCUT2D eigenvalue weighted by molar-refractivity contribution is -0.139. The van der Waals surface area contributed by atoms with Crippen molar-refractivity contribution in [3.05, 3.63) is 0 Å². The summed E-state index contributed by atoms with van der Waals surface area (Å²) in [5.41, 5.74) is 0. The smallest absolute Gasteiger partial charge is 0.305 e. The minimum Gasteiger partial charge on any atom is -0.481 e. The van der Waals surface area contributed by atoms with Gasteiger partial charge in [-0.1, -0.05) is 26.7 Å². The Kier molecular flexibility index (Phi) is 5.72. The van der Waals surface area contributed by atoms with Gasteiger partial charge >= 0.3 is 5.97 Å². The maximum atomic E-state index is 10.2. The first-order chi connectivity index (χ1) is 5.56. The van der Waals surface area contributed by atoms with Crippen LogP contribution in [0.3, 0.4) is 0 Å². The Morgan fingerprint density at radius 2 is 2.08 bits per heavy atom. The Morgan fingerprint density at radius 3 is 2.50 bits per heavy atom. The fourth-order valence-corrected chi connectivity index (χ4v) is 1.36. The van der Waals surface area contributed by atoms with Crippen LogP contribution in [0.15, 0.2) is 0 Å². The van der Waals surface area contributed by atoms with Crippen LogP contribution in [0.4, 0.5) is 0 Å². The lowest BCUT2D eigenvalue weighted by Gasteiger charge is -2.13. The van der Waals surface area contributed by atoms with Crippen molar-refractivity contribution in [3.63, 3.8) is 0 Å². The molecule has 0 radical (unpaired) electrons. The first-order valence-corrected chi connectivity index (χ1v) is 4.46. The fraction of sp³-hybridized carbons (Fsp3) is 0.889. The van der Waals surface area contributed by atoms with Crippen molar-refractivity contribution < 1.29 is 15.0 Å². The number of hydrogen-bond acceptors (Lipinski definition) is 2. The molecule has 2 N–H and O–H groups in total. The van der Waals surface area contributed by atoms with Gasteiger partial charge in [-0.3, -0.25) is 4.79 Å². The predicted molar refractivity (Wildman–Crippen MR) is 46.9 cm³/mol. The second-order valence-corrected chi connectivity index (χ2v) is 3.38. The van der Waals surface area contributed by atoms with Crippen LogP contribution in [0.1, 0.15) is 39.5 Å². The van der Waals surface area contributed by atoms with Crippen LogP contribution in [0.25, 0.3) is 0 Å². The number of aliphatic hydroxyl groups excluding tert-OH is 1. The third-order valence-electron chi connectivity index (χ3n) is 1.87. The van der Waals surface area contributed by atoms with Crippen molar-refractivity contribution in [1.82, 2.24) is 0 Å². The van der Waals surface area contributed by atoms with E-state index in [1.54, 1.807) is 0 Å². The molecule has 0 aliphatic rings. The lowest BCUT2D eigenvalue weighted by atomic mass is 9.97. The molecule has 0 spiro atoms. The highest BCUT2D eigenvalue weighted by Gasteiger charge is 2.12. The molecule has 0 aromatic carbocycles. The Labute approximate surface area is 73.4 Å². The quantitative estimate of drug-likeness (QED) is 0.643. The maximum Gasteiger partial charge on any atom is 0.305 e. The Morgan fingerprint density at radius 1 is 1.50 bits per heavy atom. The van der Waals surface area contributed by atoms with E-state index in [1.165, 1.54) is 0 Å². The molecule has 72 valence electrons. The molecule has 2 atom stereocenters. The second-order valence-electron chi connectivity index (χ2n) is 3.38.